The van der Waals surface area contributed by atoms with Crippen LogP contribution < -0.4 is 5.32 Å². The number of benzene rings is 2. The number of rotatable bonds is 5. The van der Waals surface area contributed by atoms with Crippen molar-refractivity contribution in [2.45, 2.75) is 40.5 Å². The average Bonchev–Trinajstić information content (AvgIpc) is 2.57. The van der Waals surface area contributed by atoms with Gasteiger partial charge < -0.3 is 5.32 Å². The number of fused-ring (bicyclic) bond motifs is 1. The minimum Gasteiger partial charge on any atom is -0.384 e. The van der Waals surface area contributed by atoms with Crippen LogP contribution in [0.4, 0.5) is 5.69 Å². The van der Waals surface area contributed by atoms with Crippen molar-refractivity contribution in [1.29, 1.82) is 0 Å². The molecule has 1 aromatic heterocycles. The minimum atomic E-state index is 0.937. The van der Waals surface area contributed by atoms with Crippen LogP contribution in [0.25, 0.3) is 10.9 Å². The Balaban J connectivity index is 1.90. The van der Waals surface area contributed by atoms with Crippen LogP contribution in [0.5, 0.6) is 0 Å². The molecule has 124 valence electrons. The van der Waals surface area contributed by atoms with Crippen molar-refractivity contribution < 1.29 is 0 Å². The fourth-order valence-electron chi connectivity index (χ4n) is 3.56. The van der Waals surface area contributed by atoms with Gasteiger partial charge in [-0.05, 0) is 61.9 Å². The molecule has 0 unspecified atom stereocenters. The highest BCUT2D eigenvalue weighted by Crippen LogP contribution is 2.29. The number of anilines is 1. The molecule has 3 aromatic rings. The van der Waals surface area contributed by atoms with Crippen LogP contribution >= 0.6 is 0 Å². The molecule has 0 aliphatic heterocycles. The minimum absolute atomic E-state index is 0.937. The molecule has 0 aliphatic carbocycles. The van der Waals surface area contributed by atoms with Gasteiger partial charge in [-0.1, -0.05) is 43.3 Å². The van der Waals surface area contributed by atoms with E-state index in [0.717, 1.165) is 30.6 Å². The summed E-state index contributed by atoms with van der Waals surface area (Å²) >= 11 is 0. The average molecular weight is 318 g/mol. The molecule has 2 aromatic carbocycles. The van der Waals surface area contributed by atoms with Crippen LogP contribution in [0.15, 0.2) is 42.5 Å². The molecule has 1 N–H and O–H groups in total. The summed E-state index contributed by atoms with van der Waals surface area (Å²) in [6.45, 7) is 9.65. The third-order valence-electron chi connectivity index (χ3n) is 4.87. The lowest BCUT2D eigenvalue weighted by molar-refractivity contribution is 0.978. The van der Waals surface area contributed by atoms with Crippen molar-refractivity contribution in [1.82, 2.24) is 4.98 Å². The van der Waals surface area contributed by atoms with Gasteiger partial charge in [-0.3, -0.25) is 4.98 Å². The molecular formula is C22H26N2. The molecular weight excluding hydrogens is 292 g/mol. The molecule has 0 amide bonds. The SMILES string of the molecule is CCc1c(C)nc2ccccc2c1NCCc1c(C)cccc1C. The van der Waals surface area contributed by atoms with Gasteiger partial charge in [0.2, 0.25) is 0 Å². The first-order valence-corrected chi connectivity index (χ1v) is 8.79. The lowest BCUT2D eigenvalue weighted by atomic mass is 9.99. The molecule has 0 atom stereocenters. The van der Waals surface area contributed by atoms with Crippen molar-refractivity contribution in [3.63, 3.8) is 0 Å². The molecule has 24 heavy (non-hydrogen) atoms. The van der Waals surface area contributed by atoms with Gasteiger partial charge in [0.05, 0.1) is 5.52 Å². The zero-order valence-corrected chi connectivity index (χ0v) is 15.1. The second kappa shape index (κ2) is 7.04. The van der Waals surface area contributed by atoms with E-state index in [1.807, 2.05) is 0 Å². The van der Waals surface area contributed by atoms with E-state index in [1.54, 1.807) is 0 Å². The first-order valence-electron chi connectivity index (χ1n) is 8.79. The Labute approximate surface area is 144 Å². The van der Waals surface area contributed by atoms with Crippen molar-refractivity contribution in [3.8, 4) is 0 Å². The Kier molecular flexibility index (Phi) is 4.84. The number of nitrogens with zero attached hydrogens (tertiary/aromatic N) is 1. The van der Waals surface area contributed by atoms with Gasteiger partial charge in [-0.25, -0.2) is 0 Å². The maximum atomic E-state index is 4.76. The number of nitrogens with one attached hydrogen (secondary N) is 1. The number of hydrogen-bond acceptors (Lipinski definition) is 2. The summed E-state index contributed by atoms with van der Waals surface area (Å²) in [4.78, 5) is 4.76. The fraction of sp³-hybridized carbons (Fsp3) is 0.318. The highest BCUT2D eigenvalue weighted by molar-refractivity contribution is 5.93. The predicted octanol–water partition coefficient (Wildman–Crippen LogP) is 5.38. The summed E-state index contributed by atoms with van der Waals surface area (Å²) in [6.07, 6.45) is 2.03. The summed E-state index contributed by atoms with van der Waals surface area (Å²) < 4.78 is 0. The highest BCUT2D eigenvalue weighted by Gasteiger charge is 2.11. The first kappa shape index (κ1) is 16.5. The van der Waals surface area contributed by atoms with Gasteiger partial charge in [-0.2, -0.15) is 0 Å². The van der Waals surface area contributed by atoms with E-state index in [9.17, 15) is 0 Å². The fourth-order valence-corrected chi connectivity index (χ4v) is 3.56. The van der Waals surface area contributed by atoms with E-state index in [-0.39, 0.29) is 0 Å². The van der Waals surface area contributed by atoms with E-state index in [0.29, 0.717) is 0 Å². The Bertz CT molecular complexity index is 845. The summed E-state index contributed by atoms with van der Waals surface area (Å²) in [5, 5.41) is 4.93. The van der Waals surface area contributed by atoms with Crippen molar-refractivity contribution in [2.75, 3.05) is 11.9 Å². The normalized spacial score (nSPS) is 11.0. The number of pyridine rings is 1. The Morgan fingerprint density at radius 3 is 2.29 bits per heavy atom. The Morgan fingerprint density at radius 1 is 0.875 bits per heavy atom. The second-order valence-electron chi connectivity index (χ2n) is 6.47. The standard InChI is InChI=1S/C22H26N2/c1-5-18-17(4)24-21-12-7-6-11-20(21)22(18)23-14-13-19-15(2)9-8-10-16(19)3/h6-12H,5,13-14H2,1-4H3,(H,23,24). The summed E-state index contributed by atoms with van der Waals surface area (Å²) in [6, 6.07) is 14.9. The number of para-hydroxylation sites is 1. The van der Waals surface area contributed by atoms with E-state index < -0.39 is 0 Å². The maximum absolute atomic E-state index is 4.76. The molecule has 2 heteroatoms. The van der Waals surface area contributed by atoms with Gasteiger partial charge in [0.25, 0.3) is 0 Å². The lowest BCUT2D eigenvalue weighted by Gasteiger charge is -2.17. The molecule has 0 fully saturated rings. The molecule has 1 heterocycles. The zero-order valence-electron chi connectivity index (χ0n) is 15.1. The van der Waals surface area contributed by atoms with Crippen molar-refractivity contribution in [2.24, 2.45) is 0 Å². The van der Waals surface area contributed by atoms with Gasteiger partial charge in [0, 0.05) is 23.3 Å². The molecule has 0 spiro atoms. The molecule has 0 aliphatic rings. The Hall–Kier alpha value is -2.35. The van der Waals surface area contributed by atoms with Crippen LogP contribution in [0, 0.1) is 20.8 Å². The van der Waals surface area contributed by atoms with Gasteiger partial charge in [0.15, 0.2) is 0 Å². The zero-order chi connectivity index (χ0) is 17.1. The third-order valence-corrected chi connectivity index (χ3v) is 4.87. The molecule has 0 radical (unpaired) electrons. The summed E-state index contributed by atoms with van der Waals surface area (Å²) in [7, 11) is 0. The summed E-state index contributed by atoms with van der Waals surface area (Å²) in [5.74, 6) is 0. The number of hydrogen-bond donors (Lipinski definition) is 1. The molecule has 0 bridgehead atoms. The first-order chi connectivity index (χ1) is 11.6. The molecule has 2 nitrogen and oxygen atoms in total. The van der Waals surface area contributed by atoms with Crippen LogP contribution in [-0.2, 0) is 12.8 Å². The lowest BCUT2D eigenvalue weighted by Crippen LogP contribution is -2.10. The van der Waals surface area contributed by atoms with E-state index in [4.69, 9.17) is 4.98 Å². The second-order valence-corrected chi connectivity index (χ2v) is 6.47. The smallest absolute Gasteiger partial charge is 0.0726 e. The van der Waals surface area contributed by atoms with E-state index in [2.05, 4.69) is 75.5 Å². The monoisotopic (exact) mass is 318 g/mol. The maximum Gasteiger partial charge on any atom is 0.0726 e. The molecule has 3 rings (SSSR count). The van der Waals surface area contributed by atoms with E-state index >= 15 is 0 Å². The molecule has 0 saturated carbocycles. The van der Waals surface area contributed by atoms with Gasteiger partial charge in [-0.15, -0.1) is 0 Å². The molecule has 0 saturated heterocycles. The summed E-state index contributed by atoms with van der Waals surface area (Å²) in [5.41, 5.74) is 9.00. The van der Waals surface area contributed by atoms with Crippen molar-refractivity contribution >= 4 is 16.6 Å². The van der Waals surface area contributed by atoms with Crippen LogP contribution in [-0.4, -0.2) is 11.5 Å². The number of aromatic nitrogens is 1. The van der Waals surface area contributed by atoms with Gasteiger partial charge >= 0.3 is 0 Å². The van der Waals surface area contributed by atoms with Gasteiger partial charge in [0.1, 0.15) is 0 Å². The van der Waals surface area contributed by atoms with Crippen LogP contribution in [0.3, 0.4) is 0 Å². The topological polar surface area (TPSA) is 24.9 Å². The highest BCUT2D eigenvalue weighted by atomic mass is 14.9. The Morgan fingerprint density at radius 2 is 1.58 bits per heavy atom. The number of aryl methyl sites for hydroxylation is 3. The third kappa shape index (κ3) is 3.14. The van der Waals surface area contributed by atoms with Crippen LogP contribution in [0.2, 0.25) is 0 Å². The predicted molar refractivity (Wildman–Crippen MR) is 104 cm³/mol. The quantitative estimate of drug-likeness (QED) is 0.683. The van der Waals surface area contributed by atoms with Crippen LogP contribution in [0.1, 0.15) is 34.9 Å². The van der Waals surface area contributed by atoms with E-state index in [1.165, 1.54) is 33.3 Å². The largest absolute Gasteiger partial charge is 0.384 e. The van der Waals surface area contributed by atoms with Crippen molar-refractivity contribution in [3.05, 3.63) is 70.4 Å².